The first-order chi connectivity index (χ1) is 9.74. The van der Waals surface area contributed by atoms with Crippen LogP contribution in [0.1, 0.15) is 62.2 Å². The molecule has 0 atom stereocenters. The van der Waals surface area contributed by atoms with Gasteiger partial charge in [0, 0.05) is 31.9 Å². The van der Waals surface area contributed by atoms with Gasteiger partial charge in [-0.3, -0.25) is 4.79 Å². The Morgan fingerprint density at radius 1 is 1.15 bits per heavy atom. The normalized spacial score (nSPS) is 11.1. The van der Waals surface area contributed by atoms with E-state index in [1.165, 1.54) is 36.8 Å². The van der Waals surface area contributed by atoms with Gasteiger partial charge < -0.3 is 0 Å². The average molecular weight is 353 g/mol. The molecule has 0 aliphatic carbocycles. The Morgan fingerprint density at radius 3 is 2.70 bits per heavy atom. The number of carbonyl (C=O) groups excluding carboxylic acids is 1. The quantitative estimate of drug-likeness (QED) is 0.386. The van der Waals surface area contributed by atoms with Gasteiger partial charge in [0.2, 0.25) is 0 Å². The molecule has 0 amide bonds. The van der Waals surface area contributed by atoms with Gasteiger partial charge in [0.1, 0.15) is 0 Å². The molecule has 1 aromatic heterocycles. The summed E-state index contributed by atoms with van der Waals surface area (Å²) in [6.45, 7) is 2.23. The van der Waals surface area contributed by atoms with E-state index in [2.05, 4.69) is 22.9 Å². The molecule has 0 radical (unpaired) electrons. The lowest BCUT2D eigenvalue weighted by Gasteiger charge is -2.01. The van der Waals surface area contributed by atoms with E-state index in [9.17, 15) is 4.79 Å². The first kappa shape index (κ1) is 15.7. The lowest BCUT2D eigenvalue weighted by atomic mass is 10.0. The zero-order valence-corrected chi connectivity index (χ0v) is 14.4. The van der Waals surface area contributed by atoms with Crippen LogP contribution in [0.3, 0.4) is 0 Å². The Bertz CT molecular complexity index is 573. The molecule has 20 heavy (non-hydrogen) atoms. The molecule has 0 N–H and O–H groups in total. The second-order valence-corrected chi connectivity index (χ2v) is 6.94. The summed E-state index contributed by atoms with van der Waals surface area (Å²) in [6.07, 6.45) is 8.04. The third kappa shape index (κ3) is 3.92. The summed E-state index contributed by atoms with van der Waals surface area (Å²) in [5.41, 5.74) is 0.903. The molecule has 0 saturated carbocycles. The highest BCUT2D eigenvalue weighted by atomic mass is 79.9. The molecular weight excluding hydrogens is 332 g/mol. The topological polar surface area (TPSA) is 17.1 Å². The average Bonchev–Trinajstić information content (AvgIpc) is 2.88. The predicted molar refractivity (Wildman–Crippen MR) is 91.8 cm³/mol. The van der Waals surface area contributed by atoms with E-state index >= 15 is 0 Å². The summed E-state index contributed by atoms with van der Waals surface area (Å²) in [5, 5.41) is 3.11. The van der Waals surface area contributed by atoms with Crippen LogP contribution in [-0.4, -0.2) is 5.78 Å². The summed E-state index contributed by atoms with van der Waals surface area (Å²) in [7, 11) is 0. The molecule has 1 aromatic carbocycles. The SMILES string of the molecule is CCCCCCCCC(=O)c1csc2c(Br)cccc12. The van der Waals surface area contributed by atoms with Gasteiger partial charge in [0.25, 0.3) is 0 Å². The van der Waals surface area contributed by atoms with Crippen molar-refractivity contribution < 1.29 is 4.79 Å². The molecule has 0 fully saturated rings. The first-order valence-electron chi connectivity index (χ1n) is 7.43. The van der Waals surface area contributed by atoms with Crippen molar-refractivity contribution in [1.29, 1.82) is 0 Å². The van der Waals surface area contributed by atoms with E-state index in [0.29, 0.717) is 12.2 Å². The van der Waals surface area contributed by atoms with Crippen molar-refractivity contribution in [1.82, 2.24) is 0 Å². The number of unbranched alkanes of at least 4 members (excludes halogenated alkanes) is 5. The third-order valence-corrected chi connectivity index (χ3v) is 5.56. The van der Waals surface area contributed by atoms with E-state index in [4.69, 9.17) is 0 Å². The molecule has 0 spiro atoms. The number of Topliss-reactive ketones (excluding diaryl/α,β-unsaturated/α-hetero) is 1. The fourth-order valence-electron chi connectivity index (χ4n) is 2.44. The van der Waals surface area contributed by atoms with Crippen molar-refractivity contribution in [3.05, 3.63) is 33.6 Å². The highest BCUT2D eigenvalue weighted by molar-refractivity contribution is 9.10. The molecule has 1 heterocycles. The Kier molecular flexibility index (Phi) is 6.24. The van der Waals surface area contributed by atoms with Crippen LogP contribution < -0.4 is 0 Å². The molecule has 2 aromatic rings. The maximum atomic E-state index is 12.3. The molecule has 0 unspecified atom stereocenters. The highest BCUT2D eigenvalue weighted by Crippen LogP contribution is 2.33. The molecule has 1 nitrogen and oxygen atoms in total. The first-order valence-corrected chi connectivity index (χ1v) is 9.10. The van der Waals surface area contributed by atoms with Crippen LogP contribution in [0.2, 0.25) is 0 Å². The molecule has 2 rings (SSSR count). The molecule has 108 valence electrons. The molecular formula is C17H21BrOS. The summed E-state index contributed by atoms with van der Waals surface area (Å²) in [6, 6.07) is 6.08. The lowest BCUT2D eigenvalue weighted by Crippen LogP contribution is -1.97. The maximum absolute atomic E-state index is 12.3. The van der Waals surface area contributed by atoms with E-state index in [1.807, 2.05) is 23.6 Å². The van der Waals surface area contributed by atoms with Gasteiger partial charge in [0.05, 0.1) is 0 Å². The smallest absolute Gasteiger partial charge is 0.164 e. The van der Waals surface area contributed by atoms with E-state index in [0.717, 1.165) is 21.8 Å². The zero-order chi connectivity index (χ0) is 14.4. The van der Waals surface area contributed by atoms with Crippen LogP contribution in [-0.2, 0) is 0 Å². The van der Waals surface area contributed by atoms with Crippen LogP contribution in [0.4, 0.5) is 0 Å². The number of fused-ring (bicyclic) bond motifs is 1. The van der Waals surface area contributed by atoms with Crippen LogP contribution >= 0.6 is 27.3 Å². The highest BCUT2D eigenvalue weighted by Gasteiger charge is 2.13. The Labute approximate surface area is 133 Å². The Hall–Kier alpha value is -0.670. The third-order valence-electron chi connectivity index (χ3n) is 3.61. The number of thiophene rings is 1. The van der Waals surface area contributed by atoms with Crippen LogP contribution in [0.15, 0.2) is 28.1 Å². The molecule has 0 aliphatic heterocycles. The summed E-state index contributed by atoms with van der Waals surface area (Å²) >= 11 is 5.20. The van der Waals surface area contributed by atoms with Crippen molar-refractivity contribution in [3.63, 3.8) is 0 Å². The van der Waals surface area contributed by atoms with E-state index in [-0.39, 0.29) is 0 Å². The van der Waals surface area contributed by atoms with Gasteiger partial charge >= 0.3 is 0 Å². The second kappa shape index (κ2) is 7.94. The van der Waals surface area contributed by atoms with Gasteiger partial charge in [-0.1, -0.05) is 51.2 Å². The Morgan fingerprint density at radius 2 is 1.90 bits per heavy atom. The second-order valence-electron chi connectivity index (χ2n) is 5.21. The van der Waals surface area contributed by atoms with Crippen molar-refractivity contribution in [2.45, 2.75) is 51.9 Å². The van der Waals surface area contributed by atoms with Gasteiger partial charge in [-0.25, -0.2) is 0 Å². The summed E-state index contributed by atoms with van der Waals surface area (Å²) < 4.78 is 2.26. The minimum absolute atomic E-state index is 0.296. The van der Waals surface area contributed by atoms with Crippen LogP contribution in [0, 0.1) is 0 Å². The molecule has 0 aliphatic rings. The standard InChI is InChI=1S/C17H21BrOS/c1-2-3-4-5-6-7-11-16(19)14-12-20-17-13(14)9-8-10-15(17)18/h8-10,12H,2-7,11H2,1H3. The minimum atomic E-state index is 0.296. The molecule has 0 bridgehead atoms. The molecule has 3 heteroatoms. The van der Waals surface area contributed by atoms with Gasteiger partial charge in [-0.15, -0.1) is 11.3 Å². The summed E-state index contributed by atoms with van der Waals surface area (Å²) in [4.78, 5) is 12.3. The lowest BCUT2D eigenvalue weighted by molar-refractivity contribution is 0.0981. The number of ketones is 1. The van der Waals surface area contributed by atoms with E-state index in [1.54, 1.807) is 11.3 Å². The number of carbonyl (C=O) groups is 1. The van der Waals surface area contributed by atoms with Crippen LogP contribution in [0.5, 0.6) is 0 Å². The van der Waals surface area contributed by atoms with Crippen LogP contribution in [0.25, 0.3) is 10.1 Å². The number of hydrogen-bond acceptors (Lipinski definition) is 2. The fraction of sp³-hybridized carbons (Fsp3) is 0.471. The number of hydrogen-bond donors (Lipinski definition) is 0. The summed E-state index contributed by atoms with van der Waals surface area (Å²) in [5.74, 6) is 0.296. The maximum Gasteiger partial charge on any atom is 0.164 e. The minimum Gasteiger partial charge on any atom is -0.294 e. The van der Waals surface area contributed by atoms with Crippen molar-refractivity contribution in [2.24, 2.45) is 0 Å². The number of rotatable bonds is 8. The number of halogens is 1. The van der Waals surface area contributed by atoms with Gasteiger partial charge in [-0.2, -0.15) is 0 Å². The largest absolute Gasteiger partial charge is 0.294 e. The fourth-order valence-corrected chi connectivity index (χ4v) is 4.06. The monoisotopic (exact) mass is 352 g/mol. The van der Waals surface area contributed by atoms with Crippen molar-refractivity contribution in [3.8, 4) is 0 Å². The Balaban J connectivity index is 1.90. The van der Waals surface area contributed by atoms with Crippen molar-refractivity contribution >= 4 is 43.1 Å². The van der Waals surface area contributed by atoms with Gasteiger partial charge in [0.15, 0.2) is 5.78 Å². The number of benzene rings is 1. The predicted octanol–water partition coefficient (Wildman–Crippen LogP) is 6.60. The molecule has 0 saturated heterocycles. The van der Waals surface area contributed by atoms with Gasteiger partial charge in [-0.05, 0) is 28.4 Å². The van der Waals surface area contributed by atoms with E-state index < -0.39 is 0 Å². The zero-order valence-electron chi connectivity index (χ0n) is 12.0. The van der Waals surface area contributed by atoms with Crippen molar-refractivity contribution in [2.75, 3.05) is 0 Å².